The Kier molecular flexibility index (Phi) is 4.34. The predicted octanol–water partition coefficient (Wildman–Crippen LogP) is 2.98. The third kappa shape index (κ3) is 3.15. The summed E-state index contributed by atoms with van der Waals surface area (Å²) in [6, 6.07) is 11.1. The Morgan fingerprint density at radius 3 is 2.50 bits per heavy atom. The number of nitrogens with one attached hydrogen (secondary N) is 1. The molecular formula is C19H19FN2O2. The minimum atomic E-state index is -0.627. The maximum absolute atomic E-state index is 13.7. The fourth-order valence-corrected chi connectivity index (χ4v) is 3.06. The molecule has 1 atom stereocenters. The summed E-state index contributed by atoms with van der Waals surface area (Å²) < 4.78 is 13.7. The van der Waals surface area contributed by atoms with Crippen molar-refractivity contribution in [2.45, 2.75) is 26.3 Å². The lowest BCUT2D eigenvalue weighted by atomic mass is 10.1. The van der Waals surface area contributed by atoms with Crippen molar-refractivity contribution in [3.63, 3.8) is 0 Å². The Balaban J connectivity index is 1.75. The number of aryl methyl sites for hydroxylation is 2. The van der Waals surface area contributed by atoms with Gasteiger partial charge in [-0.25, -0.2) is 4.39 Å². The molecule has 24 heavy (non-hydrogen) atoms. The third-order valence-corrected chi connectivity index (χ3v) is 4.15. The van der Waals surface area contributed by atoms with Gasteiger partial charge in [0.15, 0.2) is 0 Å². The van der Waals surface area contributed by atoms with Crippen LogP contribution in [-0.4, -0.2) is 24.4 Å². The van der Waals surface area contributed by atoms with Gasteiger partial charge in [0.25, 0.3) is 5.91 Å². The fraction of sp³-hybridized carbons (Fsp3) is 0.263. The van der Waals surface area contributed by atoms with Gasteiger partial charge in [-0.15, -0.1) is 0 Å². The van der Waals surface area contributed by atoms with Gasteiger partial charge in [-0.1, -0.05) is 18.2 Å². The Hall–Kier alpha value is -2.69. The highest BCUT2D eigenvalue weighted by atomic mass is 19.1. The van der Waals surface area contributed by atoms with Crippen molar-refractivity contribution in [2.75, 3.05) is 11.4 Å². The lowest BCUT2D eigenvalue weighted by Crippen LogP contribution is -2.41. The summed E-state index contributed by atoms with van der Waals surface area (Å²) in [5, 5.41) is 2.64. The number of benzene rings is 2. The van der Waals surface area contributed by atoms with Crippen molar-refractivity contribution in [3.8, 4) is 0 Å². The largest absolute Gasteiger partial charge is 0.340 e. The standard InChI is InChI=1S/C19H19FN2O2/c1-12-9-13(2)11-14(10-12)22-8-7-17(19(22)24)21-18(23)15-5-3-4-6-16(15)20/h3-6,9-11,17H,7-8H2,1-2H3,(H,21,23). The lowest BCUT2D eigenvalue weighted by molar-refractivity contribution is -0.118. The third-order valence-electron chi connectivity index (χ3n) is 4.15. The number of rotatable bonds is 3. The van der Waals surface area contributed by atoms with E-state index >= 15 is 0 Å². The van der Waals surface area contributed by atoms with E-state index < -0.39 is 17.8 Å². The summed E-state index contributed by atoms with van der Waals surface area (Å²) in [5.41, 5.74) is 2.95. The molecule has 5 heteroatoms. The first-order valence-electron chi connectivity index (χ1n) is 7.91. The molecule has 0 radical (unpaired) electrons. The van der Waals surface area contributed by atoms with E-state index in [-0.39, 0.29) is 11.5 Å². The summed E-state index contributed by atoms with van der Waals surface area (Å²) in [6.07, 6.45) is 0.506. The molecule has 0 bridgehead atoms. The van der Waals surface area contributed by atoms with E-state index in [2.05, 4.69) is 5.32 Å². The topological polar surface area (TPSA) is 49.4 Å². The number of carbonyl (C=O) groups is 2. The molecule has 3 rings (SSSR count). The van der Waals surface area contributed by atoms with Crippen molar-refractivity contribution in [2.24, 2.45) is 0 Å². The molecule has 0 saturated carbocycles. The zero-order valence-electron chi connectivity index (χ0n) is 13.7. The molecule has 1 unspecified atom stereocenters. The van der Waals surface area contributed by atoms with Crippen LogP contribution in [0, 0.1) is 19.7 Å². The highest BCUT2D eigenvalue weighted by molar-refractivity contribution is 6.04. The van der Waals surface area contributed by atoms with Crippen LogP contribution < -0.4 is 10.2 Å². The Morgan fingerprint density at radius 2 is 1.83 bits per heavy atom. The smallest absolute Gasteiger partial charge is 0.254 e. The van der Waals surface area contributed by atoms with Gasteiger partial charge < -0.3 is 10.2 Å². The molecule has 2 amide bonds. The van der Waals surface area contributed by atoms with Gasteiger partial charge in [0.2, 0.25) is 5.91 Å². The number of amides is 2. The SMILES string of the molecule is Cc1cc(C)cc(N2CCC(NC(=O)c3ccccc3F)C2=O)c1. The lowest BCUT2D eigenvalue weighted by Gasteiger charge is -2.18. The number of hydrogen-bond donors (Lipinski definition) is 1. The number of halogens is 1. The molecule has 0 spiro atoms. The first-order valence-corrected chi connectivity index (χ1v) is 7.91. The van der Waals surface area contributed by atoms with Gasteiger partial charge >= 0.3 is 0 Å². The van der Waals surface area contributed by atoms with Crippen LogP contribution in [0.15, 0.2) is 42.5 Å². The Labute approximate surface area is 140 Å². The van der Waals surface area contributed by atoms with Gasteiger partial charge in [-0.3, -0.25) is 9.59 Å². The maximum atomic E-state index is 13.7. The first-order chi connectivity index (χ1) is 11.5. The molecule has 0 aliphatic carbocycles. The molecule has 2 aromatic carbocycles. The van der Waals surface area contributed by atoms with Crippen molar-refractivity contribution in [3.05, 3.63) is 65.0 Å². The van der Waals surface area contributed by atoms with Crippen molar-refractivity contribution in [1.82, 2.24) is 5.32 Å². The Bertz CT molecular complexity index is 783. The van der Waals surface area contributed by atoms with Crippen molar-refractivity contribution < 1.29 is 14.0 Å². The second-order valence-electron chi connectivity index (χ2n) is 6.13. The van der Waals surface area contributed by atoms with Crippen LogP contribution in [0.5, 0.6) is 0 Å². The molecule has 2 aromatic rings. The summed E-state index contributed by atoms with van der Waals surface area (Å²) >= 11 is 0. The summed E-state index contributed by atoms with van der Waals surface area (Å²) in [6.45, 7) is 4.49. The number of carbonyl (C=O) groups excluding carboxylic acids is 2. The number of anilines is 1. The zero-order chi connectivity index (χ0) is 17.3. The van der Waals surface area contributed by atoms with Crippen LogP contribution in [-0.2, 0) is 4.79 Å². The van der Waals surface area contributed by atoms with Crippen molar-refractivity contribution >= 4 is 17.5 Å². The van der Waals surface area contributed by atoms with Crippen LogP contribution in [0.3, 0.4) is 0 Å². The molecule has 1 aliphatic rings. The summed E-state index contributed by atoms with van der Waals surface area (Å²) in [7, 11) is 0. The molecule has 1 aliphatic heterocycles. The maximum Gasteiger partial charge on any atom is 0.254 e. The van der Waals surface area contributed by atoms with Gasteiger partial charge in [0, 0.05) is 12.2 Å². The van der Waals surface area contributed by atoms with Crippen LogP contribution in [0.1, 0.15) is 27.9 Å². The molecule has 1 heterocycles. The molecule has 0 aromatic heterocycles. The van der Waals surface area contributed by atoms with E-state index in [1.807, 2.05) is 32.0 Å². The second kappa shape index (κ2) is 6.43. The number of hydrogen-bond acceptors (Lipinski definition) is 2. The normalized spacial score (nSPS) is 17.2. The highest BCUT2D eigenvalue weighted by Gasteiger charge is 2.34. The summed E-state index contributed by atoms with van der Waals surface area (Å²) in [5.74, 6) is -1.31. The zero-order valence-corrected chi connectivity index (χ0v) is 13.7. The van der Waals surface area contributed by atoms with E-state index in [0.29, 0.717) is 13.0 Å². The summed E-state index contributed by atoms with van der Waals surface area (Å²) in [4.78, 5) is 26.5. The van der Waals surface area contributed by atoms with Crippen LogP contribution in [0.2, 0.25) is 0 Å². The molecular weight excluding hydrogens is 307 g/mol. The van der Waals surface area contributed by atoms with E-state index in [0.717, 1.165) is 16.8 Å². The number of nitrogens with zero attached hydrogens (tertiary/aromatic N) is 1. The molecule has 1 N–H and O–H groups in total. The van der Waals surface area contributed by atoms with Gasteiger partial charge in [0.05, 0.1) is 5.56 Å². The van der Waals surface area contributed by atoms with Crippen LogP contribution >= 0.6 is 0 Å². The monoisotopic (exact) mass is 326 g/mol. The minimum Gasteiger partial charge on any atom is -0.340 e. The van der Waals surface area contributed by atoms with Crippen LogP contribution in [0.4, 0.5) is 10.1 Å². The average molecular weight is 326 g/mol. The van der Waals surface area contributed by atoms with E-state index in [1.165, 1.54) is 18.2 Å². The molecule has 4 nitrogen and oxygen atoms in total. The highest BCUT2D eigenvalue weighted by Crippen LogP contribution is 2.24. The van der Waals surface area contributed by atoms with Crippen LogP contribution in [0.25, 0.3) is 0 Å². The predicted molar refractivity (Wildman–Crippen MR) is 90.5 cm³/mol. The molecule has 1 fully saturated rings. The minimum absolute atomic E-state index is 0.0462. The average Bonchev–Trinajstić information content (AvgIpc) is 2.87. The molecule has 124 valence electrons. The van der Waals surface area contributed by atoms with Gasteiger partial charge in [0.1, 0.15) is 11.9 Å². The van der Waals surface area contributed by atoms with E-state index in [9.17, 15) is 14.0 Å². The second-order valence-corrected chi connectivity index (χ2v) is 6.13. The van der Waals surface area contributed by atoms with Gasteiger partial charge in [-0.2, -0.15) is 0 Å². The van der Waals surface area contributed by atoms with E-state index in [4.69, 9.17) is 0 Å². The molecule has 1 saturated heterocycles. The first kappa shape index (κ1) is 16.2. The Morgan fingerprint density at radius 1 is 1.17 bits per heavy atom. The van der Waals surface area contributed by atoms with E-state index in [1.54, 1.807) is 11.0 Å². The fourth-order valence-electron chi connectivity index (χ4n) is 3.06. The van der Waals surface area contributed by atoms with Gasteiger partial charge in [-0.05, 0) is 55.7 Å². The van der Waals surface area contributed by atoms with Crippen molar-refractivity contribution in [1.29, 1.82) is 0 Å². The quantitative estimate of drug-likeness (QED) is 0.943.